The van der Waals surface area contributed by atoms with Gasteiger partial charge in [-0.25, -0.2) is 0 Å². The quantitative estimate of drug-likeness (QED) is 0.504. The summed E-state index contributed by atoms with van der Waals surface area (Å²) in [5, 5.41) is 5.85. The van der Waals surface area contributed by atoms with Gasteiger partial charge in [0.15, 0.2) is 0 Å². The van der Waals surface area contributed by atoms with Gasteiger partial charge in [-0.15, -0.1) is 11.8 Å². The molecule has 9 heteroatoms. The molecule has 4 rings (SSSR count). The number of benzene rings is 1. The first-order chi connectivity index (χ1) is 16.7. The lowest BCUT2D eigenvalue weighted by molar-refractivity contribution is -0.132. The molecule has 0 radical (unpaired) electrons. The number of carbonyl (C=O) groups is 3. The molecule has 192 valence electrons. The van der Waals surface area contributed by atoms with Gasteiger partial charge in [-0.2, -0.15) is 0 Å². The second-order valence-electron chi connectivity index (χ2n) is 10.6. The van der Waals surface area contributed by atoms with Crippen LogP contribution in [-0.4, -0.2) is 83.7 Å². The van der Waals surface area contributed by atoms with Crippen molar-refractivity contribution >= 4 is 29.5 Å². The van der Waals surface area contributed by atoms with Crippen LogP contribution in [0.5, 0.6) is 0 Å². The molecule has 3 heterocycles. The topological polar surface area (TPSA) is 91.0 Å². The normalized spacial score (nSPS) is 24.3. The first-order valence-corrected chi connectivity index (χ1v) is 13.5. The van der Waals surface area contributed by atoms with Crippen molar-refractivity contribution in [3.05, 3.63) is 35.4 Å². The molecule has 3 amide bonds. The van der Waals surface area contributed by atoms with Crippen molar-refractivity contribution in [2.75, 3.05) is 39.4 Å². The largest absolute Gasteiger partial charge is 0.379 e. The molecule has 0 aliphatic carbocycles. The maximum absolute atomic E-state index is 13.6. The van der Waals surface area contributed by atoms with E-state index in [0.29, 0.717) is 18.5 Å². The van der Waals surface area contributed by atoms with E-state index in [1.165, 1.54) is 0 Å². The van der Waals surface area contributed by atoms with Gasteiger partial charge in [-0.05, 0) is 50.8 Å². The van der Waals surface area contributed by atoms with Gasteiger partial charge in [0.1, 0.15) is 17.5 Å². The molecule has 2 saturated heterocycles. The van der Waals surface area contributed by atoms with Crippen LogP contribution in [0.4, 0.5) is 0 Å². The third-order valence-electron chi connectivity index (χ3n) is 6.94. The van der Waals surface area contributed by atoms with Crippen LogP contribution in [0.1, 0.15) is 61.8 Å². The second-order valence-corrected chi connectivity index (χ2v) is 12.3. The van der Waals surface area contributed by atoms with E-state index in [1.54, 1.807) is 16.7 Å². The molecular weight excluding hydrogens is 464 g/mol. The molecule has 0 bridgehead atoms. The Balaban J connectivity index is 1.39. The van der Waals surface area contributed by atoms with Crippen molar-refractivity contribution in [2.24, 2.45) is 5.92 Å². The first-order valence-electron chi connectivity index (χ1n) is 12.7. The van der Waals surface area contributed by atoms with Gasteiger partial charge < -0.3 is 20.3 Å². The average molecular weight is 503 g/mol. The molecule has 0 saturated carbocycles. The summed E-state index contributed by atoms with van der Waals surface area (Å²) in [6, 6.07) is 6.29. The SMILES string of the molecule is CC(C)C[C@H](NC(=O)[C@H]1N2C(=O)c3ccccc3C2SC1(C)C)C(=O)NCCCN1CCOCC1. The third-order valence-corrected chi connectivity index (χ3v) is 8.47. The number of hydrogen-bond acceptors (Lipinski definition) is 6. The molecule has 35 heavy (non-hydrogen) atoms. The maximum Gasteiger partial charge on any atom is 0.256 e. The predicted octanol–water partition coefficient (Wildman–Crippen LogP) is 2.40. The number of nitrogens with one attached hydrogen (secondary N) is 2. The number of morpholine rings is 1. The summed E-state index contributed by atoms with van der Waals surface area (Å²) < 4.78 is 4.90. The van der Waals surface area contributed by atoms with Gasteiger partial charge in [0, 0.05) is 29.9 Å². The van der Waals surface area contributed by atoms with Crippen molar-refractivity contribution in [1.82, 2.24) is 20.4 Å². The molecule has 3 aliphatic heterocycles. The lowest BCUT2D eigenvalue weighted by Gasteiger charge is -2.31. The zero-order valence-corrected chi connectivity index (χ0v) is 22.0. The minimum Gasteiger partial charge on any atom is -0.379 e. The summed E-state index contributed by atoms with van der Waals surface area (Å²) in [7, 11) is 0. The summed E-state index contributed by atoms with van der Waals surface area (Å²) in [5.74, 6) is -0.307. The summed E-state index contributed by atoms with van der Waals surface area (Å²) >= 11 is 1.63. The third kappa shape index (κ3) is 5.67. The summed E-state index contributed by atoms with van der Waals surface area (Å²) in [4.78, 5) is 44.0. The zero-order valence-electron chi connectivity index (χ0n) is 21.2. The Bertz CT molecular complexity index is 947. The molecule has 3 aliphatic rings. The number of ether oxygens (including phenoxy) is 1. The Morgan fingerprint density at radius 1 is 1.20 bits per heavy atom. The fraction of sp³-hybridized carbons (Fsp3) is 0.654. The molecule has 3 atom stereocenters. The molecular formula is C26H38N4O4S. The van der Waals surface area contributed by atoms with Crippen LogP contribution in [0.3, 0.4) is 0 Å². The van der Waals surface area contributed by atoms with E-state index in [2.05, 4.69) is 15.5 Å². The second kappa shape index (κ2) is 10.9. The number of amides is 3. The van der Waals surface area contributed by atoms with Crippen LogP contribution in [0.25, 0.3) is 0 Å². The molecule has 8 nitrogen and oxygen atoms in total. The number of fused-ring (bicyclic) bond motifs is 3. The van der Waals surface area contributed by atoms with Gasteiger partial charge >= 0.3 is 0 Å². The van der Waals surface area contributed by atoms with Crippen LogP contribution >= 0.6 is 11.8 Å². The lowest BCUT2D eigenvalue weighted by Crippen LogP contribution is -2.57. The van der Waals surface area contributed by atoms with Gasteiger partial charge in [0.05, 0.1) is 13.2 Å². The Morgan fingerprint density at radius 3 is 2.63 bits per heavy atom. The number of nitrogens with zero attached hydrogens (tertiary/aromatic N) is 2. The van der Waals surface area contributed by atoms with E-state index in [-0.39, 0.29) is 29.0 Å². The van der Waals surface area contributed by atoms with Gasteiger partial charge in [-0.1, -0.05) is 32.0 Å². The fourth-order valence-corrected chi connectivity index (χ4v) is 6.81. The molecule has 0 spiro atoms. The van der Waals surface area contributed by atoms with E-state index in [1.807, 2.05) is 52.0 Å². The maximum atomic E-state index is 13.6. The highest BCUT2D eigenvalue weighted by atomic mass is 32.2. The Hall–Kier alpha value is -2.10. The summed E-state index contributed by atoms with van der Waals surface area (Å²) in [5.41, 5.74) is 1.62. The number of thioether (sulfide) groups is 1. The first kappa shape index (κ1) is 26.0. The minimum absolute atomic E-state index is 0.114. The van der Waals surface area contributed by atoms with Crippen molar-refractivity contribution in [2.45, 2.75) is 62.7 Å². The molecule has 1 aromatic rings. The van der Waals surface area contributed by atoms with Crippen LogP contribution in [0, 0.1) is 5.92 Å². The standard InChI is InChI=1S/C26H38N4O4S/c1-17(2)16-20(22(31)27-10-7-11-29-12-14-34-15-13-29)28-23(32)21-26(3,4)35-25-19-9-6-5-8-18(19)24(33)30(21)25/h5-6,8-9,17,20-21,25H,7,10-16H2,1-4H3,(H,27,31)(H,28,32)/t20-,21+,25?/m0/s1. The monoisotopic (exact) mass is 502 g/mol. The lowest BCUT2D eigenvalue weighted by atomic mass is 9.98. The van der Waals surface area contributed by atoms with Crippen LogP contribution in [0.2, 0.25) is 0 Å². The molecule has 0 aromatic heterocycles. The number of hydrogen-bond donors (Lipinski definition) is 2. The molecule has 2 fully saturated rings. The summed E-state index contributed by atoms with van der Waals surface area (Å²) in [6.45, 7) is 12.9. The predicted molar refractivity (Wildman–Crippen MR) is 137 cm³/mol. The van der Waals surface area contributed by atoms with E-state index >= 15 is 0 Å². The Labute approximate surface area is 212 Å². The van der Waals surface area contributed by atoms with E-state index in [0.717, 1.165) is 44.8 Å². The van der Waals surface area contributed by atoms with Crippen LogP contribution in [0.15, 0.2) is 24.3 Å². The van der Waals surface area contributed by atoms with Crippen LogP contribution < -0.4 is 10.6 Å². The smallest absolute Gasteiger partial charge is 0.256 e. The fourth-order valence-electron chi connectivity index (χ4n) is 5.22. The number of rotatable bonds is 9. The van der Waals surface area contributed by atoms with Crippen molar-refractivity contribution in [1.29, 1.82) is 0 Å². The number of carbonyl (C=O) groups excluding carboxylic acids is 3. The van der Waals surface area contributed by atoms with Gasteiger partial charge in [0.2, 0.25) is 11.8 Å². The average Bonchev–Trinajstić information content (AvgIpc) is 3.25. The molecule has 1 aromatic carbocycles. The van der Waals surface area contributed by atoms with E-state index in [4.69, 9.17) is 4.74 Å². The van der Waals surface area contributed by atoms with Crippen molar-refractivity contribution in [3.63, 3.8) is 0 Å². The van der Waals surface area contributed by atoms with Crippen molar-refractivity contribution in [3.8, 4) is 0 Å². The van der Waals surface area contributed by atoms with Crippen LogP contribution in [-0.2, 0) is 14.3 Å². The van der Waals surface area contributed by atoms with Gasteiger partial charge in [-0.3, -0.25) is 19.3 Å². The highest BCUT2D eigenvalue weighted by molar-refractivity contribution is 8.01. The zero-order chi connectivity index (χ0) is 25.2. The molecule has 1 unspecified atom stereocenters. The van der Waals surface area contributed by atoms with E-state index in [9.17, 15) is 14.4 Å². The Morgan fingerprint density at radius 2 is 1.91 bits per heavy atom. The van der Waals surface area contributed by atoms with Crippen molar-refractivity contribution < 1.29 is 19.1 Å². The highest BCUT2D eigenvalue weighted by Gasteiger charge is 2.57. The molecule has 2 N–H and O–H groups in total. The highest BCUT2D eigenvalue weighted by Crippen LogP contribution is 2.56. The van der Waals surface area contributed by atoms with E-state index < -0.39 is 16.8 Å². The minimum atomic E-state index is -0.652. The Kier molecular flexibility index (Phi) is 8.08. The summed E-state index contributed by atoms with van der Waals surface area (Å²) in [6.07, 6.45) is 1.39. The van der Waals surface area contributed by atoms with Gasteiger partial charge in [0.25, 0.3) is 5.91 Å².